The second-order valence-electron chi connectivity index (χ2n) is 8.55. The van der Waals surface area contributed by atoms with Crippen LogP contribution < -0.4 is 9.64 Å². The van der Waals surface area contributed by atoms with E-state index in [9.17, 15) is 4.79 Å². The van der Waals surface area contributed by atoms with Crippen molar-refractivity contribution in [3.8, 4) is 17.0 Å². The number of carbonyl (C=O) groups is 1. The van der Waals surface area contributed by atoms with Gasteiger partial charge in [0.1, 0.15) is 28.8 Å². The van der Waals surface area contributed by atoms with Gasteiger partial charge in [0.15, 0.2) is 0 Å². The largest absolute Gasteiger partial charge is 0.497 e. The third-order valence-corrected chi connectivity index (χ3v) is 6.56. The molecule has 0 bridgehead atoms. The molecule has 4 aromatic rings. The fourth-order valence-corrected chi connectivity index (χ4v) is 4.58. The predicted octanol–water partition coefficient (Wildman–Crippen LogP) is 3.21. The summed E-state index contributed by atoms with van der Waals surface area (Å²) in [5.41, 5.74) is 4.20. The number of aromatic nitrogens is 5. The van der Waals surface area contributed by atoms with Crippen LogP contribution in [0.4, 0.5) is 5.82 Å². The van der Waals surface area contributed by atoms with Crippen LogP contribution in [0.25, 0.3) is 22.3 Å². The van der Waals surface area contributed by atoms with E-state index in [0.29, 0.717) is 30.5 Å². The van der Waals surface area contributed by atoms with Crippen LogP contribution in [0.5, 0.6) is 5.75 Å². The smallest absolute Gasteiger partial charge is 0.244 e. The zero-order valence-electron chi connectivity index (χ0n) is 19.6. The van der Waals surface area contributed by atoms with Gasteiger partial charge in [0, 0.05) is 38.9 Å². The Labute approximate surface area is 202 Å². The Kier molecular flexibility index (Phi) is 5.65. The number of anilines is 1. The van der Waals surface area contributed by atoms with Crippen LogP contribution in [0.1, 0.15) is 12.5 Å². The average Bonchev–Trinajstić information content (AvgIpc) is 3.41. The van der Waals surface area contributed by atoms with E-state index < -0.39 is 0 Å². The highest BCUT2D eigenvalue weighted by molar-refractivity contribution is 6.33. The van der Waals surface area contributed by atoms with Crippen molar-refractivity contribution in [1.29, 1.82) is 0 Å². The molecule has 1 fully saturated rings. The molecule has 0 saturated carbocycles. The Morgan fingerprint density at radius 3 is 2.62 bits per heavy atom. The number of likely N-dealkylation sites (N-methyl/N-ethyl adjacent to an activating group) is 1. The summed E-state index contributed by atoms with van der Waals surface area (Å²) in [5.74, 6) is 1.44. The molecule has 1 saturated heterocycles. The first-order valence-electron chi connectivity index (χ1n) is 11.1. The average molecular weight is 480 g/mol. The van der Waals surface area contributed by atoms with Crippen molar-refractivity contribution in [3.05, 3.63) is 53.3 Å². The molecule has 0 aliphatic carbocycles. The summed E-state index contributed by atoms with van der Waals surface area (Å²) in [4.78, 5) is 21.3. The number of pyridine rings is 1. The monoisotopic (exact) mass is 479 g/mol. The van der Waals surface area contributed by atoms with Crippen LogP contribution in [0, 0.1) is 0 Å². The van der Waals surface area contributed by atoms with Crippen LogP contribution >= 0.6 is 11.6 Å². The molecule has 3 aromatic heterocycles. The lowest BCUT2D eigenvalue weighted by Gasteiger charge is -2.38. The van der Waals surface area contributed by atoms with Crippen molar-refractivity contribution < 1.29 is 9.53 Å². The van der Waals surface area contributed by atoms with Crippen molar-refractivity contribution in [3.63, 3.8) is 0 Å². The van der Waals surface area contributed by atoms with Crippen LogP contribution in [0.3, 0.4) is 0 Å². The van der Waals surface area contributed by atoms with Gasteiger partial charge in [0.25, 0.3) is 0 Å². The van der Waals surface area contributed by atoms with Gasteiger partial charge in [-0.1, -0.05) is 23.7 Å². The topological polar surface area (TPSA) is 81.3 Å². The van der Waals surface area contributed by atoms with E-state index in [2.05, 4.69) is 5.10 Å². The van der Waals surface area contributed by atoms with Crippen LogP contribution in [-0.2, 0) is 18.4 Å². The van der Waals surface area contributed by atoms with Crippen molar-refractivity contribution >= 4 is 34.4 Å². The maximum atomic E-state index is 12.6. The van der Waals surface area contributed by atoms with Crippen molar-refractivity contribution in [1.82, 2.24) is 29.4 Å². The lowest BCUT2D eigenvalue weighted by molar-refractivity contribution is -0.132. The number of rotatable bonds is 5. The summed E-state index contributed by atoms with van der Waals surface area (Å²) in [6.07, 6.45) is 3.69. The summed E-state index contributed by atoms with van der Waals surface area (Å²) < 4.78 is 8.91. The van der Waals surface area contributed by atoms with E-state index in [1.54, 1.807) is 22.9 Å². The Hall–Kier alpha value is -3.59. The number of halogens is 1. The molecule has 10 heteroatoms. The molecule has 5 rings (SSSR count). The third kappa shape index (κ3) is 3.86. The molecule has 4 heterocycles. The number of carbonyl (C=O) groups excluding carboxylic acids is 1. The van der Waals surface area contributed by atoms with Crippen LogP contribution in [0.2, 0.25) is 5.02 Å². The molecule has 1 atom stereocenters. The zero-order chi connectivity index (χ0) is 24.0. The summed E-state index contributed by atoms with van der Waals surface area (Å²) in [6.45, 7) is 3.70. The molecule has 0 N–H and O–H groups in total. The number of aryl methyl sites for hydroxylation is 1. The highest BCUT2D eigenvalue weighted by atomic mass is 35.5. The fraction of sp³-hybridized carbons (Fsp3) is 0.333. The van der Waals surface area contributed by atoms with Gasteiger partial charge in [0.2, 0.25) is 5.91 Å². The summed E-state index contributed by atoms with van der Waals surface area (Å²) >= 11 is 6.76. The quantitative estimate of drug-likeness (QED) is 0.437. The van der Waals surface area contributed by atoms with E-state index in [-0.39, 0.29) is 11.9 Å². The molecule has 1 amide bonds. The van der Waals surface area contributed by atoms with Crippen molar-refractivity contribution in [2.75, 3.05) is 32.1 Å². The lowest BCUT2D eigenvalue weighted by atomic mass is 10.1. The number of benzene rings is 1. The van der Waals surface area contributed by atoms with E-state index in [1.807, 2.05) is 67.1 Å². The number of hydrogen-bond donors (Lipinski definition) is 0. The minimum atomic E-state index is -0.350. The first-order valence-corrected chi connectivity index (χ1v) is 11.4. The van der Waals surface area contributed by atoms with E-state index in [0.717, 1.165) is 33.6 Å². The number of methoxy groups -OCH3 is 1. The van der Waals surface area contributed by atoms with Crippen molar-refractivity contribution in [2.24, 2.45) is 7.05 Å². The highest BCUT2D eigenvalue weighted by Crippen LogP contribution is 2.35. The van der Waals surface area contributed by atoms with Gasteiger partial charge in [0.05, 0.1) is 30.4 Å². The number of fused-ring (bicyclic) bond motifs is 1. The Bertz CT molecular complexity index is 1360. The number of nitrogens with zero attached hydrogens (tertiary/aromatic N) is 7. The molecule has 1 unspecified atom stereocenters. The minimum Gasteiger partial charge on any atom is -0.497 e. The first kappa shape index (κ1) is 22.2. The second-order valence-corrected chi connectivity index (χ2v) is 8.95. The summed E-state index contributed by atoms with van der Waals surface area (Å²) in [5, 5.41) is 9.70. The second kappa shape index (κ2) is 8.64. The highest BCUT2D eigenvalue weighted by Gasteiger charge is 2.32. The SMILES string of the molecule is COc1ccc(Cn2nc(-c3cnn(C)c3)c3nc(N4CCN(C)C(=O)C4C)c(Cl)cc32)cc1. The summed E-state index contributed by atoms with van der Waals surface area (Å²) in [7, 11) is 5.33. The predicted molar refractivity (Wildman–Crippen MR) is 131 cm³/mol. The van der Waals surface area contributed by atoms with E-state index in [4.69, 9.17) is 26.4 Å². The maximum Gasteiger partial charge on any atom is 0.244 e. The first-order chi connectivity index (χ1) is 16.4. The van der Waals surface area contributed by atoms with Gasteiger partial charge in [-0.3, -0.25) is 14.2 Å². The van der Waals surface area contributed by atoms with E-state index >= 15 is 0 Å². The fourth-order valence-electron chi connectivity index (χ4n) is 4.33. The molecule has 34 heavy (non-hydrogen) atoms. The number of amides is 1. The van der Waals surface area contributed by atoms with Crippen molar-refractivity contribution in [2.45, 2.75) is 19.5 Å². The number of hydrogen-bond acceptors (Lipinski definition) is 6. The Morgan fingerprint density at radius 1 is 1.18 bits per heavy atom. The molecule has 176 valence electrons. The number of ether oxygens (including phenoxy) is 1. The van der Waals surface area contributed by atoms with Gasteiger partial charge in [-0.15, -0.1) is 0 Å². The maximum absolute atomic E-state index is 12.6. The normalized spacial score (nSPS) is 16.5. The van der Waals surface area contributed by atoms with Gasteiger partial charge in [-0.05, 0) is 30.7 Å². The third-order valence-electron chi connectivity index (χ3n) is 6.28. The Morgan fingerprint density at radius 2 is 1.94 bits per heavy atom. The molecule has 0 radical (unpaired) electrons. The van der Waals surface area contributed by atoms with Crippen LogP contribution in [-0.4, -0.2) is 68.6 Å². The zero-order valence-corrected chi connectivity index (χ0v) is 20.3. The molecule has 1 aromatic carbocycles. The van der Waals surface area contributed by atoms with Gasteiger partial charge >= 0.3 is 0 Å². The van der Waals surface area contributed by atoms with Gasteiger partial charge < -0.3 is 14.5 Å². The molecular formula is C24H26ClN7O2. The molecule has 1 aliphatic rings. The Balaban J connectivity index is 1.62. The molecule has 9 nitrogen and oxygen atoms in total. The van der Waals surface area contributed by atoms with Gasteiger partial charge in [-0.2, -0.15) is 10.2 Å². The minimum absolute atomic E-state index is 0.0481. The lowest BCUT2D eigenvalue weighted by Crippen LogP contribution is -2.54. The molecular weight excluding hydrogens is 454 g/mol. The number of piperazine rings is 1. The van der Waals surface area contributed by atoms with Crippen LogP contribution in [0.15, 0.2) is 42.7 Å². The standard InChI is InChI=1S/C24H26ClN7O2/c1-15-24(33)29(2)9-10-31(15)23-19(25)11-20-22(27-23)21(17-12-26-30(3)14-17)28-32(20)13-16-5-7-18(34-4)8-6-16/h5-8,11-12,14-15H,9-10,13H2,1-4H3. The molecule has 0 spiro atoms. The summed E-state index contributed by atoms with van der Waals surface area (Å²) in [6, 6.07) is 9.42. The van der Waals surface area contributed by atoms with E-state index in [1.165, 1.54) is 0 Å². The molecule has 1 aliphatic heterocycles. The van der Waals surface area contributed by atoms with Gasteiger partial charge in [-0.25, -0.2) is 4.98 Å².